The number of nitrogens with zero attached hydrogens (tertiary/aromatic N) is 1. The van der Waals surface area contributed by atoms with Gasteiger partial charge in [0, 0.05) is 35.6 Å². The van der Waals surface area contributed by atoms with Gasteiger partial charge in [0.25, 0.3) is 0 Å². The number of nitrogens with two attached hydrogens (primary N) is 1. The van der Waals surface area contributed by atoms with Gasteiger partial charge in [-0.05, 0) is 52.9 Å². The lowest BCUT2D eigenvalue weighted by molar-refractivity contribution is 0.578. The van der Waals surface area contributed by atoms with Gasteiger partial charge in [0.1, 0.15) is 0 Å². The van der Waals surface area contributed by atoms with Gasteiger partial charge < -0.3 is 10.6 Å². The van der Waals surface area contributed by atoms with Crippen LogP contribution in [0.3, 0.4) is 0 Å². The van der Waals surface area contributed by atoms with E-state index in [2.05, 4.69) is 77.7 Å². The molecule has 27 heavy (non-hydrogen) atoms. The van der Waals surface area contributed by atoms with Crippen molar-refractivity contribution in [3.63, 3.8) is 0 Å². The minimum atomic E-state index is 0.850. The van der Waals surface area contributed by atoms with Crippen molar-refractivity contribution >= 4 is 32.9 Å². The summed E-state index contributed by atoms with van der Waals surface area (Å²) >= 11 is 0. The van der Waals surface area contributed by atoms with Gasteiger partial charge >= 0.3 is 0 Å². The smallest absolute Gasteiger partial charge is 0.0453 e. The van der Waals surface area contributed by atoms with Crippen molar-refractivity contribution in [2.45, 2.75) is 19.3 Å². The van der Waals surface area contributed by atoms with Crippen LogP contribution in [0.2, 0.25) is 0 Å². The fourth-order valence-electron chi connectivity index (χ4n) is 4.49. The fourth-order valence-corrected chi connectivity index (χ4v) is 4.49. The Balaban J connectivity index is 1.88. The summed E-state index contributed by atoms with van der Waals surface area (Å²) in [7, 11) is 0. The molecule has 0 atom stereocenters. The maximum atomic E-state index is 6.59. The quantitative estimate of drug-likeness (QED) is 0.433. The molecule has 2 heteroatoms. The molecule has 1 heterocycles. The lowest BCUT2D eigenvalue weighted by Gasteiger charge is -2.32. The van der Waals surface area contributed by atoms with Gasteiger partial charge in [0.2, 0.25) is 0 Å². The number of fused-ring (bicyclic) bond motifs is 2. The Morgan fingerprint density at radius 2 is 1.19 bits per heavy atom. The number of nitrogen functional groups attached to an aromatic ring is 1. The summed E-state index contributed by atoms with van der Waals surface area (Å²) < 4.78 is 0. The topological polar surface area (TPSA) is 29.3 Å². The Kier molecular flexibility index (Phi) is 3.97. The molecule has 1 aliphatic rings. The zero-order chi connectivity index (χ0) is 18.2. The third kappa shape index (κ3) is 2.73. The van der Waals surface area contributed by atoms with Gasteiger partial charge in [-0.3, -0.25) is 0 Å². The normalized spacial score (nSPS) is 14.7. The maximum Gasteiger partial charge on any atom is 0.0453 e. The molecule has 4 aromatic carbocycles. The van der Waals surface area contributed by atoms with Crippen LogP contribution in [-0.2, 0) is 0 Å². The molecular formula is C25H24N2. The molecule has 0 radical (unpaired) electrons. The lowest BCUT2D eigenvalue weighted by atomic mass is 9.90. The van der Waals surface area contributed by atoms with Crippen LogP contribution >= 0.6 is 0 Å². The Labute approximate surface area is 160 Å². The van der Waals surface area contributed by atoms with Crippen molar-refractivity contribution in [3.8, 4) is 11.1 Å². The monoisotopic (exact) mass is 352 g/mol. The first-order valence-electron chi connectivity index (χ1n) is 9.87. The highest BCUT2D eigenvalue weighted by Crippen LogP contribution is 2.44. The fraction of sp³-hybridized carbons (Fsp3) is 0.200. The summed E-state index contributed by atoms with van der Waals surface area (Å²) in [6.07, 6.45) is 3.85. The number of rotatable bonds is 2. The minimum absolute atomic E-state index is 0.850. The number of benzene rings is 4. The summed E-state index contributed by atoms with van der Waals surface area (Å²) in [6.45, 7) is 2.24. The third-order valence-corrected chi connectivity index (χ3v) is 5.82. The first-order chi connectivity index (χ1) is 13.3. The molecule has 5 rings (SSSR count). The average Bonchev–Trinajstić information content (AvgIpc) is 2.74. The van der Waals surface area contributed by atoms with Gasteiger partial charge in [0.05, 0.1) is 0 Å². The van der Waals surface area contributed by atoms with Crippen molar-refractivity contribution in [1.29, 1.82) is 0 Å². The Bertz CT molecular complexity index is 1120. The summed E-state index contributed by atoms with van der Waals surface area (Å²) in [5.74, 6) is 0. The second kappa shape index (κ2) is 6.62. The van der Waals surface area contributed by atoms with Crippen LogP contribution < -0.4 is 10.6 Å². The molecule has 0 unspecified atom stereocenters. The van der Waals surface area contributed by atoms with E-state index in [-0.39, 0.29) is 0 Å². The highest BCUT2D eigenvalue weighted by atomic mass is 15.1. The molecule has 2 N–H and O–H groups in total. The molecule has 0 spiro atoms. The summed E-state index contributed by atoms with van der Waals surface area (Å²) in [4.78, 5) is 2.55. The molecule has 0 bridgehead atoms. The predicted molar refractivity (Wildman–Crippen MR) is 117 cm³/mol. The second-order valence-electron chi connectivity index (χ2n) is 7.48. The number of piperidine rings is 1. The Hall–Kier alpha value is -3.00. The van der Waals surface area contributed by atoms with Crippen LogP contribution in [0.25, 0.3) is 32.7 Å². The summed E-state index contributed by atoms with van der Waals surface area (Å²) in [5.41, 5.74) is 11.2. The highest BCUT2D eigenvalue weighted by molar-refractivity contribution is 6.13. The molecule has 0 aliphatic carbocycles. The van der Waals surface area contributed by atoms with E-state index >= 15 is 0 Å². The highest BCUT2D eigenvalue weighted by Gasteiger charge is 2.20. The Morgan fingerprint density at radius 1 is 0.593 bits per heavy atom. The first kappa shape index (κ1) is 16.2. The van der Waals surface area contributed by atoms with Gasteiger partial charge in [-0.25, -0.2) is 0 Å². The van der Waals surface area contributed by atoms with E-state index in [4.69, 9.17) is 5.73 Å². The first-order valence-corrected chi connectivity index (χ1v) is 9.87. The van der Waals surface area contributed by atoms with Crippen LogP contribution in [0.1, 0.15) is 19.3 Å². The Morgan fingerprint density at radius 3 is 1.89 bits per heavy atom. The zero-order valence-electron chi connectivity index (χ0n) is 15.5. The third-order valence-electron chi connectivity index (χ3n) is 5.82. The van der Waals surface area contributed by atoms with Gasteiger partial charge in [0.15, 0.2) is 0 Å². The van der Waals surface area contributed by atoms with Crippen LogP contribution in [0.5, 0.6) is 0 Å². The number of hydrogen-bond donors (Lipinski definition) is 1. The van der Waals surface area contributed by atoms with Gasteiger partial charge in [-0.15, -0.1) is 0 Å². The second-order valence-corrected chi connectivity index (χ2v) is 7.48. The van der Waals surface area contributed by atoms with E-state index in [1.165, 1.54) is 57.6 Å². The molecule has 0 aromatic heterocycles. The largest absolute Gasteiger partial charge is 0.398 e. The minimum Gasteiger partial charge on any atom is -0.398 e. The molecule has 134 valence electrons. The molecule has 1 saturated heterocycles. The lowest BCUT2D eigenvalue weighted by Crippen LogP contribution is -2.29. The van der Waals surface area contributed by atoms with Crippen molar-refractivity contribution in [3.05, 3.63) is 72.8 Å². The standard InChI is InChI=1S/C25H24N2/c26-22-14-12-18-8-2-4-10-20(18)24(22)25-21-11-5-3-9-19(21)13-15-23(25)27-16-6-1-7-17-27/h2-5,8-15H,1,6-7,16-17,26H2. The predicted octanol–water partition coefficient (Wildman–Crippen LogP) is 6.23. The number of anilines is 2. The van der Waals surface area contributed by atoms with Crippen LogP contribution in [0, 0.1) is 0 Å². The number of hydrogen-bond acceptors (Lipinski definition) is 2. The van der Waals surface area contributed by atoms with Gasteiger partial charge in [-0.1, -0.05) is 60.7 Å². The molecule has 4 aromatic rings. The van der Waals surface area contributed by atoms with Crippen LogP contribution in [0.4, 0.5) is 11.4 Å². The average molecular weight is 352 g/mol. The summed E-state index contributed by atoms with van der Waals surface area (Å²) in [6, 6.07) is 26.0. The van der Waals surface area contributed by atoms with Crippen molar-refractivity contribution in [1.82, 2.24) is 0 Å². The molecule has 2 nitrogen and oxygen atoms in total. The van der Waals surface area contributed by atoms with Gasteiger partial charge in [-0.2, -0.15) is 0 Å². The van der Waals surface area contributed by atoms with E-state index in [9.17, 15) is 0 Å². The maximum absolute atomic E-state index is 6.59. The zero-order valence-corrected chi connectivity index (χ0v) is 15.5. The molecular weight excluding hydrogens is 328 g/mol. The molecule has 0 amide bonds. The van der Waals surface area contributed by atoms with E-state index < -0.39 is 0 Å². The van der Waals surface area contributed by atoms with Crippen molar-refractivity contribution in [2.24, 2.45) is 0 Å². The van der Waals surface area contributed by atoms with E-state index in [0.29, 0.717) is 0 Å². The van der Waals surface area contributed by atoms with E-state index in [0.717, 1.165) is 18.8 Å². The molecule has 0 saturated carbocycles. The van der Waals surface area contributed by atoms with Crippen LogP contribution in [-0.4, -0.2) is 13.1 Å². The van der Waals surface area contributed by atoms with E-state index in [1.807, 2.05) is 0 Å². The van der Waals surface area contributed by atoms with Crippen molar-refractivity contribution in [2.75, 3.05) is 23.7 Å². The SMILES string of the molecule is Nc1ccc2ccccc2c1-c1c(N2CCCCC2)ccc2ccccc12. The van der Waals surface area contributed by atoms with E-state index in [1.54, 1.807) is 0 Å². The van der Waals surface area contributed by atoms with Crippen LogP contribution in [0.15, 0.2) is 72.8 Å². The summed E-state index contributed by atoms with van der Waals surface area (Å²) in [5, 5.41) is 5.01. The molecule has 1 fully saturated rings. The molecule has 1 aliphatic heterocycles. The van der Waals surface area contributed by atoms with Crippen molar-refractivity contribution < 1.29 is 0 Å².